The highest BCUT2D eigenvalue weighted by Crippen LogP contribution is 2.14. The van der Waals surface area contributed by atoms with Crippen LogP contribution < -0.4 is 4.90 Å². The number of aliphatic carboxylic acids is 1. The smallest absolute Gasteiger partial charge is 0.328 e. The van der Waals surface area contributed by atoms with Crippen LogP contribution in [0.25, 0.3) is 6.08 Å². The SMILES string of the molecule is CN(C)C(=O)CN(C)c1ccc(/C=C/C(=O)O)cc1. The van der Waals surface area contributed by atoms with Crippen molar-refractivity contribution in [1.82, 2.24) is 4.90 Å². The molecule has 0 unspecified atom stereocenters. The highest BCUT2D eigenvalue weighted by molar-refractivity contribution is 5.85. The van der Waals surface area contributed by atoms with Gasteiger partial charge in [-0.2, -0.15) is 0 Å². The Kier molecular flexibility index (Phi) is 5.11. The van der Waals surface area contributed by atoms with E-state index in [2.05, 4.69) is 0 Å². The average molecular weight is 262 g/mol. The molecule has 1 amide bonds. The fourth-order valence-electron chi connectivity index (χ4n) is 1.44. The minimum absolute atomic E-state index is 0.0253. The van der Waals surface area contributed by atoms with Crippen molar-refractivity contribution >= 4 is 23.6 Å². The second-order valence-corrected chi connectivity index (χ2v) is 4.41. The lowest BCUT2D eigenvalue weighted by atomic mass is 10.2. The molecule has 0 radical (unpaired) electrons. The number of carbonyl (C=O) groups excluding carboxylic acids is 1. The third kappa shape index (κ3) is 4.83. The van der Waals surface area contributed by atoms with E-state index in [4.69, 9.17) is 5.11 Å². The van der Waals surface area contributed by atoms with Crippen molar-refractivity contribution in [2.24, 2.45) is 0 Å². The van der Waals surface area contributed by atoms with Crippen LogP contribution in [0.1, 0.15) is 5.56 Å². The van der Waals surface area contributed by atoms with Crippen molar-refractivity contribution in [3.63, 3.8) is 0 Å². The second-order valence-electron chi connectivity index (χ2n) is 4.41. The third-order valence-corrected chi connectivity index (χ3v) is 2.62. The van der Waals surface area contributed by atoms with E-state index < -0.39 is 5.97 Å². The third-order valence-electron chi connectivity index (χ3n) is 2.62. The predicted molar refractivity (Wildman–Crippen MR) is 75.1 cm³/mol. The van der Waals surface area contributed by atoms with Crippen molar-refractivity contribution in [2.75, 3.05) is 32.6 Å². The Morgan fingerprint density at radius 2 is 1.74 bits per heavy atom. The number of carboxylic acid groups (broad SMARTS) is 1. The summed E-state index contributed by atoms with van der Waals surface area (Å²) in [5, 5.41) is 8.53. The molecule has 0 aliphatic carbocycles. The zero-order valence-corrected chi connectivity index (χ0v) is 11.3. The van der Waals surface area contributed by atoms with E-state index in [0.29, 0.717) is 6.54 Å². The first-order valence-corrected chi connectivity index (χ1v) is 5.82. The molecule has 0 saturated carbocycles. The standard InChI is InChI=1S/C14H18N2O3/c1-15(2)13(17)10-16(3)12-7-4-11(5-8-12)6-9-14(18)19/h4-9H,10H2,1-3H3,(H,18,19)/b9-6+. The largest absolute Gasteiger partial charge is 0.478 e. The molecule has 0 aromatic heterocycles. The van der Waals surface area contributed by atoms with E-state index in [1.165, 1.54) is 6.08 Å². The molecule has 19 heavy (non-hydrogen) atoms. The van der Waals surface area contributed by atoms with Crippen LogP contribution in [0.2, 0.25) is 0 Å². The molecular formula is C14H18N2O3. The Morgan fingerprint density at radius 1 is 1.16 bits per heavy atom. The average Bonchev–Trinajstić information content (AvgIpc) is 2.36. The number of benzene rings is 1. The van der Waals surface area contributed by atoms with Gasteiger partial charge in [-0.15, -0.1) is 0 Å². The van der Waals surface area contributed by atoms with Gasteiger partial charge in [0.25, 0.3) is 0 Å². The molecule has 0 aliphatic rings. The van der Waals surface area contributed by atoms with Crippen molar-refractivity contribution in [1.29, 1.82) is 0 Å². The normalized spacial score (nSPS) is 10.5. The summed E-state index contributed by atoms with van der Waals surface area (Å²) in [6, 6.07) is 7.33. The molecule has 1 aromatic carbocycles. The van der Waals surface area contributed by atoms with Gasteiger partial charge in [0.2, 0.25) is 5.91 Å². The Bertz CT molecular complexity index is 478. The molecule has 0 atom stereocenters. The molecule has 0 bridgehead atoms. The van der Waals surface area contributed by atoms with E-state index >= 15 is 0 Å². The lowest BCUT2D eigenvalue weighted by molar-refractivity contribution is -0.131. The summed E-state index contributed by atoms with van der Waals surface area (Å²) in [6.45, 7) is 0.303. The number of hydrogen-bond donors (Lipinski definition) is 1. The molecular weight excluding hydrogens is 244 g/mol. The highest BCUT2D eigenvalue weighted by atomic mass is 16.4. The quantitative estimate of drug-likeness (QED) is 0.813. The molecule has 102 valence electrons. The number of hydrogen-bond acceptors (Lipinski definition) is 3. The first kappa shape index (κ1) is 14.8. The summed E-state index contributed by atoms with van der Waals surface area (Å²) in [6.07, 6.45) is 2.62. The zero-order chi connectivity index (χ0) is 14.4. The molecule has 0 saturated heterocycles. The van der Waals surface area contributed by atoms with Gasteiger partial charge in [-0.25, -0.2) is 4.79 Å². The number of anilines is 1. The summed E-state index contributed by atoms with van der Waals surface area (Å²) in [4.78, 5) is 25.4. The molecule has 0 heterocycles. The topological polar surface area (TPSA) is 60.9 Å². The number of likely N-dealkylation sites (N-methyl/N-ethyl adjacent to an activating group) is 2. The number of nitrogens with zero attached hydrogens (tertiary/aromatic N) is 2. The van der Waals surface area contributed by atoms with Crippen LogP contribution in [0.4, 0.5) is 5.69 Å². The van der Waals surface area contributed by atoms with Gasteiger partial charge in [-0.1, -0.05) is 12.1 Å². The van der Waals surface area contributed by atoms with Gasteiger partial charge in [0.1, 0.15) is 0 Å². The maximum absolute atomic E-state index is 11.6. The molecule has 1 N–H and O–H groups in total. The Hall–Kier alpha value is -2.30. The second kappa shape index (κ2) is 6.58. The van der Waals surface area contributed by atoms with Crippen LogP contribution in [0.15, 0.2) is 30.3 Å². The lowest BCUT2D eigenvalue weighted by Gasteiger charge is -2.21. The summed E-state index contributed by atoms with van der Waals surface area (Å²) in [7, 11) is 5.27. The maximum Gasteiger partial charge on any atom is 0.328 e. The number of amides is 1. The van der Waals surface area contributed by atoms with Gasteiger partial charge in [0.15, 0.2) is 0 Å². The van der Waals surface area contributed by atoms with Crippen LogP contribution in [-0.4, -0.2) is 49.6 Å². The summed E-state index contributed by atoms with van der Waals surface area (Å²) in [5.41, 5.74) is 1.71. The van der Waals surface area contributed by atoms with Crippen LogP contribution in [0.3, 0.4) is 0 Å². The number of carboxylic acids is 1. The van der Waals surface area contributed by atoms with Gasteiger partial charge < -0.3 is 14.9 Å². The first-order chi connectivity index (χ1) is 8.90. The minimum Gasteiger partial charge on any atom is -0.478 e. The van der Waals surface area contributed by atoms with Crippen molar-refractivity contribution < 1.29 is 14.7 Å². The van der Waals surface area contributed by atoms with Crippen molar-refractivity contribution in [3.8, 4) is 0 Å². The van der Waals surface area contributed by atoms with E-state index in [1.54, 1.807) is 19.0 Å². The van der Waals surface area contributed by atoms with Gasteiger partial charge in [-0.05, 0) is 23.8 Å². The fourth-order valence-corrected chi connectivity index (χ4v) is 1.44. The minimum atomic E-state index is -0.974. The van der Waals surface area contributed by atoms with Gasteiger partial charge in [-0.3, -0.25) is 4.79 Å². The zero-order valence-electron chi connectivity index (χ0n) is 11.3. The summed E-state index contributed by atoms with van der Waals surface area (Å²) in [5.74, 6) is -0.949. The highest BCUT2D eigenvalue weighted by Gasteiger charge is 2.08. The Labute approximate surface area is 112 Å². The van der Waals surface area contributed by atoms with E-state index in [9.17, 15) is 9.59 Å². The molecule has 0 fully saturated rings. The van der Waals surface area contributed by atoms with Crippen LogP contribution >= 0.6 is 0 Å². The Morgan fingerprint density at radius 3 is 2.21 bits per heavy atom. The fraction of sp³-hybridized carbons (Fsp3) is 0.286. The monoisotopic (exact) mass is 262 g/mol. The molecule has 1 rings (SSSR count). The summed E-state index contributed by atoms with van der Waals surface area (Å²) < 4.78 is 0. The molecule has 1 aromatic rings. The maximum atomic E-state index is 11.6. The molecule has 0 aliphatic heterocycles. The predicted octanol–water partition coefficient (Wildman–Crippen LogP) is 1.31. The van der Waals surface area contributed by atoms with Crippen LogP contribution in [0, 0.1) is 0 Å². The lowest BCUT2D eigenvalue weighted by Crippen LogP contribution is -2.34. The van der Waals surface area contributed by atoms with E-state index in [-0.39, 0.29) is 5.91 Å². The van der Waals surface area contributed by atoms with Gasteiger partial charge in [0, 0.05) is 32.9 Å². The van der Waals surface area contributed by atoms with E-state index in [1.807, 2.05) is 36.2 Å². The molecule has 5 nitrogen and oxygen atoms in total. The van der Waals surface area contributed by atoms with Crippen molar-refractivity contribution in [2.45, 2.75) is 0 Å². The first-order valence-electron chi connectivity index (χ1n) is 5.82. The summed E-state index contributed by atoms with van der Waals surface area (Å²) >= 11 is 0. The number of rotatable bonds is 5. The van der Waals surface area contributed by atoms with Gasteiger partial charge in [0.05, 0.1) is 6.54 Å². The number of carbonyl (C=O) groups is 2. The van der Waals surface area contributed by atoms with Crippen LogP contribution in [-0.2, 0) is 9.59 Å². The Balaban J connectivity index is 2.70. The van der Waals surface area contributed by atoms with E-state index in [0.717, 1.165) is 17.3 Å². The van der Waals surface area contributed by atoms with Gasteiger partial charge >= 0.3 is 5.97 Å². The molecule has 0 spiro atoms. The van der Waals surface area contributed by atoms with Crippen LogP contribution in [0.5, 0.6) is 0 Å². The molecule has 5 heteroatoms. The van der Waals surface area contributed by atoms with Crippen molar-refractivity contribution in [3.05, 3.63) is 35.9 Å².